The fraction of sp³-hybridized carbons (Fsp3) is 0.700. The highest BCUT2D eigenvalue weighted by Gasteiger charge is 2.30. The van der Waals surface area contributed by atoms with Crippen LogP contribution >= 0.6 is 15.9 Å². The van der Waals surface area contributed by atoms with Gasteiger partial charge in [0, 0.05) is 11.5 Å². The van der Waals surface area contributed by atoms with E-state index in [0.29, 0.717) is 11.2 Å². The quantitative estimate of drug-likeness (QED) is 0.714. The second kappa shape index (κ2) is 4.80. The van der Waals surface area contributed by atoms with Crippen LogP contribution in [0.3, 0.4) is 0 Å². The Balaban J connectivity index is 2.67. The summed E-state index contributed by atoms with van der Waals surface area (Å²) in [6.45, 7) is 4.15. The van der Waals surface area contributed by atoms with E-state index in [0.717, 1.165) is 18.4 Å². The summed E-state index contributed by atoms with van der Waals surface area (Å²) in [7, 11) is 0. The molecule has 0 spiro atoms. The van der Waals surface area contributed by atoms with E-state index in [1.807, 2.05) is 6.92 Å². The number of Topliss-reactive ketones (excluding diaryl/α,β-unsaturated/α-hetero) is 1. The van der Waals surface area contributed by atoms with Gasteiger partial charge in [-0.15, -0.1) is 0 Å². The summed E-state index contributed by atoms with van der Waals surface area (Å²) < 4.78 is 5.35. The summed E-state index contributed by atoms with van der Waals surface area (Å²) >= 11 is 3.18. The third kappa shape index (κ3) is 2.33. The van der Waals surface area contributed by atoms with Crippen molar-refractivity contribution >= 4 is 21.7 Å². The van der Waals surface area contributed by atoms with Crippen molar-refractivity contribution in [3.05, 3.63) is 11.8 Å². The maximum atomic E-state index is 11.4. The average molecular weight is 247 g/mol. The zero-order valence-corrected chi connectivity index (χ0v) is 9.63. The Bertz CT molecular complexity index is 223. The first-order valence-electron chi connectivity index (χ1n) is 4.65. The molecular formula is C10H15BrO2. The molecule has 0 saturated heterocycles. The molecule has 2 atom stereocenters. The van der Waals surface area contributed by atoms with Gasteiger partial charge in [0.05, 0.1) is 11.6 Å². The molecular weight excluding hydrogens is 232 g/mol. The number of halogens is 1. The highest BCUT2D eigenvalue weighted by atomic mass is 79.9. The van der Waals surface area contributed by atoms with Crippen LogP contribution in [0.25, 0.3) is 0 Å². The van der Waals surface area contributed by atoms with E-state index in [-0.39, 0.29) is 11.9 Å². The Morgan fingerprint density at radius 3 is 2.92 bits per heavy atom. The van der Waals surface area contributed by atoms with Gasteiger partial charge in [-0.2, -0.15) is 0 Å². The third-order valence-electron chi connectivity index (χ3n) is 2.42. The van der Waals surface area contributed by atoms with Crippen LogP contribution in [0, 0.1) is 5.92 Å². The smallest absolute Gasteiger partial charge is 0.172 e. The van der Waals surface area contributed by atoms with Crippen molar-refractivity contribution in [3.8, 4) is 0 Å². The molecule has 0 radical (unpaired) electrons. The Hall–Kier alpha value is -0.310. The molecule has 1 aliphatic rings. The van der Waals surface area contributed by atoms with Crippen LogP contribution in [0.2, 0.25) is 0 Å². The minimum absolute atomic E-state index is 0.155. The molecule has 0 N–H and O–H groups in total. The predicted octanol–water partition coefficient (Wildman–Crippen LogP) is 2.67. The SMILES string of the molecule is CCCC1C(C(=O)CBr)=COC1C. The van der Waals surface area contributed by atoms with Crippen molar-refractivity contribution in [3.63, 3.8) is 0 Å². The molecule has 74 valence electrons. The van der Waals surface area contributed by atoms with Crippen molar-refractivity contribution < 1.29 is 9.53 Å². The van der Waals surface area contributed by atoms with Crippen LogP contribution < -0.4 is 0 Å². The first-order valence-corrected chi connectivity index (χ1v) is 5.77. The van der Waals surface area contributed by atoms with Gasteiger partial charge >= 0.3 is 0 Å². The lowest BCUT2D eigenvalue weighted by Crippen LogP contribution is -2.19. The zero-order valence-electron chi connectivity index (χ0n) is 8.05. The van der Waals surface area contributed by atoms with Gasteiger partial charge in [0.15, 0.2) is 5.78 Å². The number of alkyl halides is 1. The average Bonchev–Trinajstić information content (AvgIpc) is 2.48. The van der Waals surface area contributed by atoms with E-state index in [1.165, 1.54) is 0 Å². The van der Waals surface area contributed by atoms with Crippen LogP contribution in [0.4, 0.5) is 0 Å². The number of ether oxygens (including phenoxy) is 1. The zero-order chi connectivity index (χ0) is 9.84. The van der Waals surface area contributed by atoms with Gasteiger partial charge < -0.3 is 4.74 Å². The van der Waals surface area contributed by atoms with Gasteiger partial charge in [-0.25, -0.2) is 0 Å². The lowest BCUT2D eigenvalue weighted by molar-refractivity contribution is -0.113. The van der Waals surface area contributed by atoms with E-state index in [4.69, 9.17) is 4.74 Å². The maximum absolute atomic E-state index is 11.4. The molecule has 0 aromatic rings. The molecule has 1 heterocycles. The van der Waals surface area contributed by atoms with Crippen molar-refractivity contribution in [2.45, 2.75) is 32.8 Å². The lowest BCUT2D eigenvalue weighted by Gasteiger charge is -2.15. The molecule has 2 unspecified atom stereocenters. The number of hydrogen-bond donors (Lipinski definition) is 0. The molecule has 1 aliphatic heterocycles. The second-order valence-electron chi connectivity index (χ2n) is 3.37. The topological polar surface area (TPSA) is 26.3 Å². The third-order valence-corrected chi connectivity index (χ3v) is 2.93. The minimum atomic E-state index is 0.155. The molecule has 1 rings (SSSR count). The number of carbonyl (C=O) groups is 1. The summed E-state index contributed by atoms with van der Waals surface area (Å²) in [6, 6.07) is 0. The van der Waals surface area contributed by atoms with Crippen molar-refractivity contribution in [2.24, 2.45) is 5.92 Å². The monoisotopic (exact) mass is 246 g/mol. The summed E-state index contributed by atoms with van der Waals surface area (Å²) in [4.78, 5) is 11.4. The van der Waals surface area contributed by atoms with E-state index in [2.05, 4.69) is 22.9 Å². The first-order chi connectivity index (χ1) is 6.20. The van der Waals surface area contributed by atoms with E-state index in [9.17, 15) is 4.79 Å². The molecule has 0 aliphatic carbocycles. The fourth-order valence-electron chi connectivity index (χ4n) is 1.67. The van der Waals surface area contributed by atoms with Gasteiger partial charge in [0.2, 0.25) is 0 Å². The number of rotatable bonds is 4. The molecule has 13 heavy (non-hydrogen) atoms. The molecule has 0 amide bonds. The minimum Gasteiger partial charge on any atom is -0.497 e. The van der Waals surface area contributed by atoms with Gasteiger partial charge in [-0.05, 0) is 13.3 Å². The highest BCUT2D eigenvalue weighted by Crippen LogP contribution is 2.30. The summed E-state index contributed by atoms with van der Waals surface area (Å²) in [5.74, 6) is 0.456. The maximum Gasteiger partial charge on any atom is 0.172 e. The van der Waals surface area contributed by atoms with Crippen molar-refractivity contribution in [2.75, 3.05) is 5.33 Å². The number of hydrogen-bond acceptors (Lipinski definition) is 2. The van der Waals surface area contributed by atoms with E-state index in [1.54, 1.807) is 6.26 Å². The standard InChI is InChI=1S/C10H15BrO2/c1-3-4-8-7(2)13-6-9(8)10(12)5-11/h6-8H,3-5H2,1-2H3. The molecule has 0 aromatic heterocycles. The normalized spacial score (nSPS) is 26.8. The van der Waals surface area contributed by atoms with Gasteiger partial charge in [-0.3, -0.25) is 4.79 Å². The summed E-state index contributed by atoms with van der Waals surface area (Å²) in [6.07, 6.45) is 3.92. The van der Waals surface area contributed by atoms with Gasteiger partial charge in [0.25, 0.3) is 0 Å². The van der Waals surface area contributed by atoms with Gasteiger partial charge in [0.1, 0.15) is 6.10 Å². The van der Waals surface area contributed by atoms with Crippen molar-refractivity contribution in [1.82, 2.24) is 0 Å². The van der Waals surface area contributed by atoms with Gasteiger partial charge in [-0.1, -0.05) is 29.3 Å². The predicted molar refractivity (Wildman–Crippen MR) is 55.8 cm³/mol. The Kier molecular flexibility index (Phi) is 3.97. The van der Waals surface area contributed by atoms with Crippen LogP contribution in [0.5, 0.6) is 0 Å². The van der Waals surface area contributed by atoms with Crippen LogP contribution in [0.15, 0.2) is 11.8 Å². The largest absolute Gasteiger partial charge is 0.497 e. The number of ketones is 1. The summed E-state index contributed by atoms with van der Waals surface area (Å²) in [5, 5.41) is 0.398. The van der Waals surface area contributed by atoms with Crippen LogP contribution in [-0.4, -0.2) is 17.2 Å². The van der Waals surface area contributed by atoms with Crippen LogP contribution in [0.1, 0.15) is 26.7 Å². The molecule has 0 bridgehead atoms. The molecule has 0 saturated carbocycles. The Morgan fingerprint density at radius 2 is 2.38 bits per heavy atom. The molecule has 3 heteroatoms. The Labute approximate surface area is 87.5 Å². The molecule has 2 nitrogen and oxygen atoms in total. The van der Waals surface area contributed by atoms with Crippen molar-refractivity contribution in [1.29, 1.82) is 0 Å². The second-order valence-corrected chi connectivity index (χ2v) is 3.93. The number of carbonyl (C=O) groups excluding carboxylic acids is 1. The molecule has 0 aromatic carbocycles. The fourth-order valence-corrected chi connectivity index (χ4v) is 1.99. The highest BCUT2D eigenvalue weighted by molar-refractivity contribution is 9.09. The first kappa shape index (κ1) is 10.8. The van der Waals surface area contributed by atoms with Crippen LogP contribution in [-0.2, 0) is 9.53 Å². The van der Waals surface area contributed by atoms with E-state index >= 15 is 0 Å². The van der Waals surface area contributed by atoms with E-state index < -0.39 is 0 Å². The summed E-state index contributed by atoms with van der Waals surface area (Å²) in [5.41, 5.74) is 0.853. The molecule has 0 fully saturated rings. The lowest BCUT2D eigenvalue weighted by atomic mass is 9.90. The Morgan fingerprint density at radius 1 is 1.69 bits per heavy atom.